The first-order chi connectivity index (χ1) is 8.86. The molecule has 3 nitrogen and oxygen atoms in total. The van der Waals surface area contributed by atoms with Crippen LogP contribution in [0.3, 0.4) is 0 Å². The van der Waals surface area contributed by atoms with Gasteiger partial charge in [-0.15, -0.1) is 0 Å². The second-order valence-corrected chi connectivity index (χ2v) is 3.81. The maximum atomic E-state index is 5.51. The van der Waals surface area contributed by atoms with E-state index >= 15 is 0 Å². The number of rotatable bonds is 10. The fourth-order valence-corrected chi connectivity index (χ4v) is 1.42. The minimum atomic E-state index is 0.606. The molecule has 100 valence electrons. The molecule has 0 unspecified atom stereocenters. The normalized spacial score (nSPS) is 10.5. The Bertz CT molecular complexity index is 319. The molecule has 0 aliphatic heterocycles. The van der Waals surface area contributed by atoms with Gasteiger partial charge in [-0.3, -0.25) is 0 Å². The Kier molecular flexibility index (Phi) is 8.13. The Morgan fingerprint density at radius 1 is 0.944 bits per heavy atom. The summed E-state index contributed by atoms with van der Waals surface area (Å²) in [4.78, 5) is 0. The summed E-state index contributed by atoms with van der Waals surface area (Å²) in [5, 5.41) is 0. The standard InChI is InChI=1S/C15H22O3/c1-3-14-5-7-15(8-6-14)13-18-12-11-17-10-9-16-4-2/h3,5-8H,1,4,9-13H2,2H3. The van der Waals surface area contributed by atoms with E-state index in [1.54, 1.807) is 0 Å². The zero-order chi connectivity index (χ0) is 13.1. The Hall–Kier alpha value is -1.16. The van der Waals surface area contributed by atoms with E-state index in [9.17, 15) is 0 Å². The van der Waals surface area contributed by atoms with Crippen molar-refractivity contribution in [2.75, 3.05) is 33.0 Å². The summed E-state index contributed by atoms with van der Waals surface area (Å²) in [5.41, 5.74) is 2.29. The van der Waals surface area contributed by atoms with Crippen molar-refractivity contribution in [3.63, 3.8) is 0 Å². The molecule has 0 heterocycles. The molecule has 1 aromatic carbocycles. The molecule has 0 amide bonds. The van der Waals surface area contributed by atoms with E-state index in [1.807, 2.05) is 37.3 Å². The Balaban J connectivity index is 2.01. The van der Waals surface area contributed by atoms with Crippen molar-refractivity contribution in [3.8, 4) is 0 Å². The van der Waals surface area contributed by atoms with Gasteiger partial charge in [0.05, 0.1) is 33.0 Å². The third-order valence-electron chi connectivity index (χ3n) is 2.43. The molecule has 1 rings (SSSR count). The van der Waals surface area contributed by atoms with Gasteiger partial charge in [0.2, 0.25) is 0 Å². The minimum absolute atomic E-state index is 0.606. The number of hydrogen-bond acceptors (Lipinski definition) is 3. The highest BCUT2D eigenvalue weighted by molar-refractivity contribution is 5.47. The third kappa shape index (κ3) is 6.55. The van der Waals surface area contributed by atoms with E-state index in [0.717, 1.165) is 17.7 Å². The Morgan fingerprint density at radius 3 is 2.17 bits per heavy atom. The van der Waals surface area contributed by atoms with Crippen LogP contribution < -0.4 is 0 Å². The van der Waals surface area contributed by atoms with Gasteiger partial charge in [-0.25, -0.2) is 0 Å². The van der Waals surface area contributed by atoms with Gasteiger partial charge >= 0.3 is 0 Å². The van der Waals surface area contributed by atoms with E-state index < -0.39 is 0 Å². The maximum Gasteiger partial charge on any atom is 0.0718 e. The van der Waals surface area contributed by atoms with E-state index in [0.29, 0.717) is 33.0 Å². The third-order valence-corrected chi connectivity index (χ3v) is 2.43. The molecule has 0 aliphatic carbocycles. The van der Waals surface area contributed by atoms with Crippen LogP contribution in [0.25, 0.3) is 6.08 Å². The zero-order valence-electron chi connectivity index (χ0n) is 11.1. The molecule has 0 saturated heterocycles. The summed E-state index contributed by atoms with van der Waals surface area (Å²) < 4.78 is 16.0. The SMILES string of the molecule is C=Cc1ccc(COCCOCCOCC)cc1. The van der Waals surface area contributed by atoms with E-state index in [-0.39, 0.29) is 0 Å². The van der Waals surface area contributed by atoms with Crippen molar-refractivity contribution in [1.82, 2.24) is 0 Å². The monoisotopic (exact) mass is 250 g/mol. The second kappa shape index (κ2) is 9.83. The fraction of sp³-hybridized carbons (Fsp3) is 0.467. The van der Waals surface area contributed by atoms with Crippen LogP contribution in [0.4, 0.5) is 0 Å². The van der Waals surface area contributed by atoms with Gasteiger partial charge in [-0.2, -0.15) is 0 Å². The van der Waals surface area contributed by atoms with Crippen LogP contribution in [0.15, 0.2) is 30.8 Å². The number of hydrogen-bond donors (Lipinski definition) is 0. The number of ether oxygens (including phenoxy) is 3. The first-order valence-electron chi connectivity index (χ1n) is 6.31. The minimum Gasteiger partial charge on any atom is -0.379 e. The predicted molar refractivity (Wildman–Crippen MR) is 73.5 cm³/mol. The van der Waals surface area contributed by atoms with Crippen LogP contribution >= 0.6 is 0 Å². The Labute approximate surface area is 109 Å². The summed E-state index contributed by atoms with van der Waals surface area (Å²) in [7, 11) is 0. The van der Waals surface area contributed by atoms with Crippen LogP contribution in [-0.2, 0) is 20.8 Å². The molecule has 3 heteroatoms. The van der Waals surface area contributed by atoms with Crippen molar-refractivity contribution < 1.29 is 14.2 Å². The lowest BCUT2D eigenvalue weighted by atomic mass is 10.1. The fourth-order valence-electron chi connectivity index (χ4n) is 1.42. The van der Waals surface area contributed by atoms with Gasteiger partial charge in [0, 0.05) is 6.61 Å². The highest BCUT2D eigenvalue weighted by Gasteiger charge is 1.94. The van der Waals surface area contributed by atoms with Crippen LogP contribution in [0, 0.1) is 0 Å². The highest BCUT2D eigenvalue weighted by Crippen LogP contribution is 2.06. The molecule has 0 fully saturated rings. The first kappa shape index (κ1) is 14.9. The summed E-state index contributed by atoms with van der Waals surface area (Å²) in [5.74, 6) is 0. The molecule has 0 bridgehead atoms. The molecule has 0 aliphatic rings. The first-order valence-corrected chi connectivity index (χ1v) is 6.31. The topological polar surface area (TPSA) is 27.7 Å². The van der Waals surface area contributed by atoms with Gasteiger partial charge in [-0.05, 0) is 18.1 Å². The summed E-state index contributed by atoms with van der Waals surface area (Å²) >= 11 is 0. The van der Waals surface area contributed by atoms with Crippen LogP contribution in [0.5, 0.6) is 0 Å². The highest BCUT2D eigenvalue weighted by atomic mass is 16.5. The van der Waals surface area contributed by atoms with Gasteiger partial charge in [0.25, 0.3) is 0 Å². The summed E-state index contributed by atoms with van der Waals surface area (Å²) in [6.45, 7) is 9.54. The maximum absolute atomic E-state index is 5.51. The van der Waals surface area contributed by atoms with Crippen molar-refractivity contribution in [1.29, 1.82) is 0 Å². The second-order valence-electron chi connectivity index (χ2n) is 3.81. The average molecular weight is 250 g/mol. The van der Waals surface area contributed by atoms with Crippen LogP contribution in [0.1, 0.15) is 18.1 Å². The lowest BCUT2D eigenvalue weighted by Crippen LogP contribution is -2.09. The molecule has 0 atom stereocenters. The van der Waals surface area contributed by atoms with Gasteiger partial charge in [0.15, 0.2) is 0 Å². The van der Waals surface area contributed by atoms with Crippen LogP contribution in [-0.4, -0.2) is 33.0 Å². The molecule has 0 radical (unpaired) electrons. The van der Waals surface area contributed by atoms with Gasteiger partial charge < -0.3 is 14.2 Å². The summed E-state index contributed by atoms with van der Waals surface area (Å²) in [6, 6.07) is 8.16. The van der Waals surface area contributed by atoms with Gasteiger partial charge in [-0.1, -0.05) is 36.9 Å². The molecular formula is C15H22O3. The van der Waals surface area contributed by atoms with E-state index in [2.05, 4.69) is 6.58 Å². The van der Waals surface area contributed by atoms with Crippen molar-refractivity contribution in [2.24, 2.45) is 0 Å². The lowest BCUT2D eigenvalue weighted by Gasteiger charge is -2.06. The quantitative estimate of drug-likeness (QED) is 0.598. The molecular weight excluding hydrogens is 228 g/mol. The molecule has 0 spiro atoms. The van der Waals surface area contributed by atoms with E-state index in [4.69, 9.17) is 14.2 Å². The lowest BCUT2D eigenvalue weighted by molar-refractivity contribution is 0.0128. The van der Waals surface area contributed by atoms with Gasteiger partial charge in [0.1, 0.15) is 0 Å². The largest absolute Gasteiger partial charge is 0.379 e. The van der Waals surface area contributed by atoms with Crippen molar-refractivity contribution >= 4 is 6.08 Å². The zero-order valence-corrected chi connectivity index (χ0v) is 11.1. The smallest absolute Gasteiger partial charge is 0.0718 e. The Morgan fingerprint density at radius 2 is 1.56 bits per heavy atom. The summed E-state index contributed by atoms with van der Waals surface area (Å²) in [6.07, 6.45) is 1.83. The molecule has 0 saturated carbocycles. The van der Waals surface area contributed by atoms with E-state index in [1.165, 1.54) is 0 Å². The molecule has 18 heavy (non-hydrogen) atoms. The predicted octanol–water partition coefficient (Wildman–Crippen LogP) is 2.90. The average Bonchev–Trinajstić information content (AvgIpc) is 2.42. The number of benzene rings is 1. The van der Waals surface area contributed by atoms with Crippen LogP contribution in [0.2, 0.25) is 0 Å². The van der Waals surface area contributed by atoms with Crippen molar-refractivity contribution in [3.05, 3.63) is 42.0 Å². The van der Waals surface area contributed by atoms with Crippen molar-refractivity contribution in [2.45, 2.75) is 13.5 Å². The molecule has 1 aromatic rings. The molecule has 0 aromatic heterocycles. The molecule has 0 N–H and O–H groups in total.